The van der Waals surface area contributed by atoms with Crippen LogP contribution < -0.4 is 9.80 Å². The average Bonchev–Trinajstić information content (AvgIpc) is 3.48. The van der Waals surface area contributed by atoms with Crippen molar-refractivity contribution in [2.45, 2.75) is 51.1 Å². The van der Waals surface area contributed by atoms with Gasteiger partial charge in [-0.25, -0.2) is 9.78 Å². The molecule has 5 rings (SSSR count). The van der Waals surface area contributed by atoms with Crippen LogP contribution in [-0.4, -0.2) is 47.7 Å². The number of carbonyl (C=O) groups is 1. The minimum atomic E-state index is -4.67. The molecule has 0 spiro atoms. The first kappa shape index (κ1) is 32.2. The van der Waals surface area contributed by atoms with Crippen LogP contribution >= 0.6 is 11.3 Å². The molecule has 0 radical (unpaired) electrons. The maximum Gasteiger partial charge on any atom is 0.394 e. The van der Waals surface area contributed by atoms with Crippen molar-refractivity contribution in [3.8, 4) is 11.3 Å². The minimum Gasteiger partial charge on any atom is -0.478 e. The molecule has 1 saturated carbocycles. The van der Waals surface area contributed by atoms with Gasteiger partial charge in [-0.15, -0.1) is 11.3 Å². The van der Waals surface area contributed by atoms with Gasteiger partial charge < -0.3 is 14.9 Å². The number of aromatic nitrogens is 1. The van der Waals surface area contributed by atoms with Gasteiger partial charge in [0.15, 0.2) is 5.13 Å². The average molecular weight is 624 g/mol. The second kappa shape index (κ2) is 14.6. The molecule has 3 N–H and O–H groups in total. The summed E-state index contributed by atoms with van der Waals surface area (Å²) in [4.78, 5) is 20.3. The smallest absolute Gasteiger partial charge is 0.394 e. The van der Waals surface area contributed by atoms with Crippen LogP contribution in [0, 0.1) is 0 Å². The zero-order chi connectivity index (χ0) is 31.0. The molecule has 43 heavy (non-hydrogen) atoms. The third-order valence-electron chi connectivity index (χ3n) is 7.52. The van der Waals surface area contributed by atoms with Crippen molar-refractivity contribution >= 4 is 38.5 Å². The Bertz CT molecular complexity index is 1570. The van der Waals surface area contributed by atoms with Crippen LogP contribution in [0.25, 0.3) is 11.3 Å². The zero-order valence-electron chi connectivity index (χ0n) is 24.3. The highest BCUT2D eigenvalue weighted by Crippen LogP contribution is 2.33. The van der Waals surface area contributed by atoms with Gasteiger partial charge in [0.1, 0.15) is 0 Å². The Morgan fingerprint density at radius 2 is 1.37 bits per heavy atom. The SMILES string of the molecule is CN(Cc1ccc(C2CCCCC2)cc1)c1ccc(-c2csc(N(C)Cc3ccc(C(=O)O)cc3)n2)cc1.O=S(=O)(O)O. The van der Waals surface area contributed by atoms with E-state index in [4.69, 9.17) is 27.6 Å². The Kier molecular flexibility index (Phi) is 10.9. The summed E-state index contributed by atoms with van der Waals surface area (Å²) in [5.74, 6) is -0.158. The Labute approximate surface area is 257 Å². The molecule has 0 unspecified atom stereocenters. The summed E-state index contributed by atoms with van der Waals surface area (Å²) >= 11 is 1.61. The van der Waals surface area contributed by atoms with Gasteiger partial charge in [-0.1, -0.05) is 67.8 Å². The van der Waals surface area contributed by atoms with Gasteiger partial charge in [-0.05, 0) is 59.7 Å². The van der Waals surface area contributed by atoms with Crippen molar-refractivity contribution in [3.63, 3.8) is 0 Å². The second-order valence-corrected chi connectivity index (χ2v) is 12.5. The summed E-state index contributed by atoms with van der Waals surface area (Å²) in [6.07, 6.45) is 6.81. The molecular weight excluding hydrogens is 587 g/mol. The van der Waals surface area contributed by atoms with Gasteiger partial charge in [-0.3, -0.25) is 9.11 Å². The van der Waals surface area contributed by atoms with E-state index in [1.807, 2.05) is 19.2 Å². The molecule has 11 heteroatoms. The lowest BCUT2D eigenvalue weighted by Crippen LogP contribution is -2.16. The largest absolute Gasteiger partial charge is 0.478 e. The molecule has 9 nitrogen and oxygen atoms in total. The summed E-state index contributed by atoms with van der Waals surface area (Å²) in [5.41, 5.74) is 7.43. The monoisotopic (exact) mass is 623 g/mol. The van der Waals surface area contributed by atoms with Gasteiger partial charge >= 0.3 is 16.4 Å². The van der Waals surface area contributed by atoms with Crippen LogP contribution in [0.3, 0.4) is 0 Å². The molecule has 3 aromatic carbocycles. The molecule has 228 valence electrons. The highest BCUT2D eigenvalue weighted by Gasteiger charge is 2.15. The fourth-order valence-electron chi connectivity index (χ4n) is 5.25. The molecular formula is C32H37N3O6S2. The van der Waals surface area contributed by atoms with E-state index in [2.05, 4.69) is 70.8 Å². The van der Waals surface area contributed by atoms with Crippen LogP contribution in [0.4, 0.5) is 10.8 Å². The summed E-state index contributed by atoms with van der Waals surface area (Å²) < 4.78 is 31.6. The first-order valence-corrected chi connectivity index (χ1v) is 16.3. The first-order valence-electron chi connectivity index (χ1n) is 14.1. The minimum absolute atomic E-state index is 0.301. The summed E-state index contributed by atoms with van der Waals surface area (Å²) in [6, 6.07) is 24.9. The number of aromatic carboxylic acids is 1. The first-order chi connectivity index (χ1) is 20.5. The highest BCUT2D eigenvalue weighted by atomic mass is 32.3. The van der Waals surface area contributed by atoms with Crippen molar-refractivity contribution in [2.24, 2.45) is 0 Å². The van der Waals surface area contributed by atoms with Crippen molar-refractivity contribution < 1.29 is 27.4 Å². The van der Waals surface area contributed by atoms with Crippen molar-refractivity contribution in [2.75, 3.05) is 23.9 Å². The lowest BCUT2D eigenvalue weighted by molar-refractivity contribution is 0.0696. The number of carboxylic acid groups (broad SMARTS) is 1. The molecule has 0 bridgehead atoms. The summed E-state index contributed by atoms with van der Waals surface area (Å²) in [6.45, 7) is 1.54. The normalized spacial score (nSPS) is 13.6. The Morgan fingerprint density at radius 1 is 0.837 bits per heavy atom. The molecule has 1 fully saturated rings. The maximum atomic E-state index is 11.1. The van der Waals surface area contributed by atoms with Crippen molar-refractivity contribution in [3.05, 3.63) is 100 Å². The van der Waals surface area contributed by atoms with Crippen LogP contribution in [0.2, 0.25) is 0 Å². The Balaban J connectivity index is 0.000000782. The standard InChI is InChI=1S/C32H35N3O2S.H2O4S/c1-34(20-23-8-12-26(13-9-23)25-6-4-3-5-7-25)29-18-16-27(17-19-29)30-22-38-32(33-30)35(2)21-24-10-14-28(15-11-24)31(36)37;1-5(2,3)4/h8-19,22,25H,3-7,20-21H2,1-2H3,(H,36,37);(H2,1,2,3,4). The second-order valence-electron chi connectivity index (χ2n) is 10.8. The molecule has 4 aromatic rings. The molecule has 0 atom stereocenters. The number of nitrogens with zero attached hydrogens (tertiary/aromatic N) is 3. The lowest BCUT2D eigenvalue weighted by atomic mass is 9.84. The van der Waals surface area contributed by atoms with Gasteiger partial charge in [0.2, 0.25) is 0 Å². The number of hydrogen-bond donors (Lipinski definition) is 3. The zero-order valence-corrected chi connectivity index (χ0v) is 25.9. The third kappa shape index (κ3) is 9.89. The van der Waals surface area contributed by atoms with E-state index in [-0.39, 0.29) is 0 Å². The maximum absolute atomic E-state index is 11.1. The topological polar surface area (TPSA) is 131 Å². The predicted octanol–water partition coefficient (Wildman–Crippen LogP) is 7.18. The van der Waals surface area contributed by atoms with Gasteiger partial charge in [0.25, 0.3) is 0 Å². The highest BCUT2D eigenvalue weighted by molar-refractivity contribution is 7.79. The van der Waals surface area contributed by atoms with Crippen molar-refractivity contribution in [1.82, 2.24) is 4.98 Å². The van der Waals surface area contributed by atoms with E-state index >= 15 is 0 Å². The lowest BCUT2D eigenvalue weighted by Gasteiger charge is -2.23. The number of anilines is 2. The van der Waals surface area contributed by atoms with Crippen molar-refractivity contribution in [1.29, 1.82) is 0 Å². The molecule has 1 aliphatic rings. The number of carboxylic acids is 1. The van der Waals surface area contributed by atoms with Gasteiger partial charge in [-0.2, -0.15) is 8.42 Å². The number of rotatable bonds is 9. The van der Waals surface area contributed by atoms with E-state index < -0.39 is 16.4 Å². The van der Waals surface area contributed by atoms with Crippen LogP contribution in [-0.2, 0) is 23.5 Å². The van der Waals surface area contributed by atoms with Crippen LogP contribution in [0.5, 0.6) is 0 Å². The fourth-order valence-corrected chi connectivity index (χ4v) is 6.05. The molecule has 0 amide bonds. The Hall–Kier alpha value is -3.77. The number of hydrogen-bond acceptors (Lipinski definition) is 7. The van der Waals surface area contributed by atoms with Gasteiger partial charge in [0, 0.05) is 43.8 Å². The van der Waals surface area contributed by atoms with E-state index in [0.29, 0.717) is 12.1 Å². The predicted molar refractivity (Wildman–Crippen MR) is 172 cm³/mol. The van der Waals surface area contributed by atoms with E-state index in [1.54, 1.807) is 23.5 Å². The third-order valence-corrected chi connectivity index (χ3v) is 8.47. The molecule has 1 aliphatic carbocycles. The fraction of sp³-hybridized carbons (Fsp3) is 0.312. The summed E-state index contributed by atoms with van der Waals surface area (Å²) in [7, 11) is -0.517. The van der Waals surface area contributed by atoms with E-state index in [1.165, 1.54) is 48.9 Å². The molecule has 0 saturated heterocycles. The molecule has 1 heterocycles. The van der Waals surface area contributed by atoms with Gasteiger partial charge in [0.05, 0.1) is 11.3 Å². The quantitative estimate of drug-likeness (QED) is 0.166. The van der Waals surface area contributed by atoms with E-state index in [0.717, 1.165) is 34.4 Å². The van der Waals surface area contributed by atoms with Crippen LogP contribution in [0.15, 0.2) is 78.2 Å². The van der Waals surface area contributed by atoms with E-state index in [9.17, 15) is 4.79 Å². The number of benzene rings is 3. The molecule has 0 aliphatic heterocycles. The molecule has 1 aromatic heterocycles. The number of thiazole rings is 1. The van der Waals surface area contributed by atoms with Crippen LogP contribution in [0.1, 0.15) is 65.1 Å². The summed E-state index contributed by atoms with van der Waals surface area (Å²) in [5, 5.41) is 12.1. The Morgan fingerprint density at radius 3 is 1.93 bits per heavy atom.